The van der Waals surface area contributed by atoms with Crippen LogP contribution in [0.15, 0.2) is 40.7 Å². The van der Waals surface area contributed by atoms with E-state index in [0.29, 0.717) is 27.9 Å². The van der Waals surface area contributed by atoms with Crippen molar-refractivity contribution in [2.24, 2.45) is 0 Å². The number of fused-ring (bicyclic) bond motifs is 1. The van der Waals surface area contributed by atoms with Gasteiger partial charge >= 0.3 is 5.97 Å². The fourth-order valence-electron chi connectivity index (χ4n) is 2.88. The van der Waals surface area contributed by atoms with Crippen LogP contribution in [-0.4, -0.2) is 38.0 Å². The Balaban J connectivity index is 2.11. The number of nitro benzene ring substituents is 1. The van der Waals surface area contributed by atoms with Gasteiger partial charge in [-0.3, -0.25) is 10.1 Å². The molecule has 0 aliphatic carbocycles. The van der Waals surface area contributed by atoms with Crippen LogP contribution >= 0.6 is 11.8 Å². The third kappa shape index (κ3) is 3.65. The Labute approximate surface area is 160 Å². The third-order valence-electron chi connectivity index (χ3n) is 4.02. The number of nitrogens with one attached hydrogen (secondary N) is 1. The summed E-state index contributed by atoms with van der Waals surface area (Å²) in [4.78, 5) is 27.6. The first-order valence-electron chi connectivity index (χ1n) is 8.44. The molecule has 0 amide bonds. The Hall–Kier alpha value is -2.88. The molecule has 27 heavy (non-hydrogen) atoms. The third-order valence-corrected chi connectivity index (χ3v) is 4.74. The molecule has 1 unspecified atom stereocenters. The van der Waals surface area contributed by atoms with E-state index >= 15 is 0 Å². The summed E-state index contributed by atoms with van der Waals surface area (Å²) >= 11 is 1.49. The van der Waals surface area contributed by atoms with Crippen LogP contribution in [0.25, 0.3) is 0 Å². The van der Waals surface area contributed by atoms with Crippen molar-refractivity contribution < 1.29 is 14.5 Å². The highest BCUT2D eigenvalue weighted by Gasteiger charge is 2.35. The van der Waals surface area contributed by atoms with Gasteiger partial charge in [0, 0.05) is 17.8 Å². The lowest BCUT2D eigenvalue weighted by atomic mass is 9.95. The SMILES string of the molecule is CCOC(=O)C1=C(C)Nc2nc(SCC)nn2C1c1ccc([N+](=O)[O-])cc1. The number of thioether (sulfide) groups is 1. The highest BCUT2D eigenvalue weighted by molar-refractivity contribution is 7.99. The van der Waals surface area contributed by atoms with Gasteiger partial charge in [0.25, 0.3) is 5.69 Å². The van der Waals surface area contributed by atoms with E-state index in [1.165, 1.54) is 23.9 Å². The molecule has 2 heterocycles. The van der Waals surface area contributed by atoms with Crippen molar-refractivity contribution in [3.05, 3.63) is 51.2 Å². The van der Waals surface area contributed by atoms with Gasteiger partial charge in [0.2, 0.25) is 11.1 Å². The summed E-state index contributed by atoms with van der Waals surface area (Å²) in [5.74, 6) is 0.861. The average Bonchev–Trinajstić information content (AvgIpc) is 3.03. The number of anilines is 1. The van der Waals surface area contributed by atoms with Crippen molar-refractivity contribution in [1.29, 1.82) is 0 Å². The van der Waals surface area contributed by atoms with Crippen molar-refractivity contribution in [3.8, 4) is 0 Å². The predicted octanol–water partition coefficient (Wildman–Crippen LogP) is 3.15. The van der Waals surface area contributed by atoms with Gasteiger partial charge in [-0.2, -0.15) is 4.98 Å². The number of esters is 1. The molecule has 0 bridgehead atoms. The van der Waals surface area contributed by atoms with Crippen molar-refractivity contribution in [2.45, 2.75) is 32.0 Å². The van der Waals surface area contributed by atoms with Gasteiger partial charge in [-0.25, -0.2) is 9.48 Å². The number of nitro groups is 1. The lowest BCUT2D eigenvalue weighted by Gasteiger charge is -2.28. The van der Waals surface area contributed by atoms with Crippen molar-refractivity contribution in [2.75, 3.05) is 17.7 Å². The largest absolute Gasteiger partial charge is 0.463 e. The summed E-state index contributed by atoms with van der Waals surface area (Å²) in [5.41, 5.74) is 1.68. The average molecular weight is 389 g/mol. The lowest BCUT2D eigenvalue weighted by Crippen LogP contribution is -2.29. The number of benzene rings is 1. The van der Waals surface area contributed by atoms with Gasteiger partial charge in [-0.1, -0.05) is 18.7 Å². The van der Waals surface area contributed by atoms with Crippen molar-refractivity contribution in [1.82, 2.24) is 14.8 Å². The molecule has 142 valence electrons. The van der Waals surface area contributed by atoms with Gasteiger partial charge in [0.15, 0.2) is 0 Å². The quantitative estimate of drug-likeness (QED) is 0.347. The summed E-state index contributed by atoms with van der Waals surface area (Å²) in [7, 11) is 0. The Morgan fingerprint density at radius 1 is 1.37 bits per heavy atom. The fourth-order valence-corrected chi connectivity index (χ4v) is 3.44. The van der Waals surface area contributed by atoms with Gasteiger partial charge in [-0.05, 0) is 37.3 Å². The first-order valence-corrected chi connectivity index (χ1v) is 9.43. The van der Waals surface area contributed by atoms with Crippen LogP contribution in [0.5, 0.6) is 0 Å². The highest BCUT2D eigenvalue weighted by atomic mass is 32.2. The van der Waals surface area contributed by atoms with E-state index in [-0.39, 0.29) is 12.3 Å². The van der Waals surface area contributed by atoms with Crippen LogP contribution in [0.1, 0.15) is 32.4 Å². The molecule has 10 heteroatoms. The Morgan fingerprint density at radius 2 is 2.07 bits per heavy atom. The predicted molar refractivity (Wildman–Crippen MR) is 101 cm³/mol. The molecule has 0 radical (unpaired) electrons. The van der Waals surface area contributed by atoms with Crippen LogP contribution in [0, 0.1) is 10.1 Å². The molecule has 0 spiro atoms. The van der Waals surface area contributed by atoms with E-state index in [4.69, 9.17) is 4.74 Å². The van der Waals surface area contributed by atoms with Crippen molar-refractivity contribution in [3.63, 3.8) is 0 Å². The zero-order valence-electron chi connectivity index (χ0n) is 15.1. The number of carbonyl (C=O) groups excluding carboxylic acids is 1. The molecule has 1 aliphatic rings. The number of nitrogens with zero attached hydrogens (tertiary/aromatic N) is 4. The maximum atomic E-state index is 12.6. The van der Waals surface area contributed by atoms with Gasteiger partial charge in [0.05, 0.1) is 17.1 Å². The summed E-state index contributed by atoms with van der Waals surface area (Å²) in [6.07, 6.45) is 0. The van der Waals surface area contributed by atoms with Crippen LogP contribution in [0.4, 0.5) is 11.6 Å². The molecular weight excluding hydrogens is 370 g/mol. The number of allylic oxidation sites excluding steroid dienone is 1. The molecule has 0 saturated carbocycles. The smallest absolute Gasteiger partial charge is 0.338 e. The van der Waals surface area contributed by atoms with Crippen LogP contribution in [-0.2, 0) is 9.53 Å². The summed E-state index contributed by atoms with van der Waals surface area (Å²) in [5, 5.41) is 19.2. The second-order valence-corrected chi connectivity index (χ2v) is 6.96. The van der Waals surface area contributed by atoms with Gasteiger partial charge in [0.1, 0.15) is 6.04 Å². The second kappa shape index (κ2) is 7.78. The van der Waals surface area contributed by atoms with Crippen LogP contribution < -0.4 is 5.32 Å². The van der Waals surface area contributed by atoms with E-state index in [1.54, 1.807) is 30.7 Å². The molecule has 1 aromatic heterocycles. The van der Waals surface area contributed by atoms with E-state index < -0.39 is 16.9 Å². The Kier molecular flexibility index (Phi) is 5.45. The highest BCUT2D eigenvalue weighted by Crippen LogP contribution is 2.37. The molecule has 1 N–H and O–H groups in total. The zero-order valence-corrected chi connectivity index (χ0v) is 15.9. The number of aromatic nitrogens is 3. The number of rotatable bonds is 6. The molecule has 9 nitrogen and oxygen atoms in total. The van der Waals surface area contributed by atoms with Crippen LogP contribution in [0.2, 0.25) is 0 Å². The number of ether oxygens (including phenoxy) is 1. The first kappa shape index (κ1) is 18.9. The standard InChI is InChI=1S/C17H19N5O4S/c1-4-26-15(23)13-10(3)18-16-19-17(27-5-2)20-21(16)14(13)11-6-8-12(9-7-11)22(24)25/h6-9,14H,4-5H2,1-3H3,(H,18,19,20). The maximum absolute atomic E-state index is 12.6. The second-order valence-electron chi connectivity index (χ2n) is 5.73. The monoisotopic (exact) mass is 389 g/mol. The van der Waals surface area contributed by atoms with E-state index in [9.17, 15) is 14.9 Å². The molecule has 2 aromatic rings. The van der Waals surface area contributed by atoms with E-state index in [2.05, 4.69) is 15.4 Å². The first-order chi connectivity index (χ1) is 13.0. The van der Waals surface area contributed by atoms with Crippen LogP contribution in [0.3, 0.4) is 0 Å². The molecule has 1 aromatic carbocycles. The maximum Gasteiger partial charge on any atom is 0.338 e. The van der Waals surface area contributed by atoms with Gasteiger partial charge in [-0.15, -0.1) is 5.10 Å². The molecule has 1 atom stereocenters. The number of hydrogen-bond donors (Lipinski definition) is 1. The molecular formula is C17H19N5O4S. The summed E-state index contributed by atoms with van der Waals surface area (Å²) in [6.45, 7) is 5.75. The van der Waals surface area contributed by atoms with Crippen molar-refractivity contribution >= 4 is 29.4 Å². The fraction of sp³-hybridized carbons (Fsp3) is 0.353. The summed E-state index contributed by atoms with van der Waals surface area (Å²) in [6, 6.07) is 5.48. The van der Waals surface area contributed by atoms with Gasteiger partial charge < -0.3 is 10.1 Å². The Morgan fingerprint density at radius 3 is 2.67 bits per heavy atom. The normalized spacial score (nSPS) is 15.9. The molecule has 1 aliphatic heterocycles. The number of carbonyl (C=O) groups is 1. The lowest BCUT2D eigenvalue weighted by molar-refractivity contribution is -0.384. The molecule has 3 rings (SSSR count). The topological polar surface area (TPSA) is 112 Å². The minimum absolute atomic E-state index is 0.0212. The summed E-state index contributed by atoms with van der Waals surface area (Å²) < 4.78 is 6.85. The minimum Gasteiger partial charge on any atom is -0.463 e. The zero-order chi connectivity index (χ0) is 19.6. The minimum atomic E-state index is -0.584. The molecule has 0 fully saturated rings. The number of non-ortho nitro benzene ring substituents is 1. The Bertz CT molecular complexity index is 907. The number of hydrogen-bond acceptors (Lipinski definition) is 8. The van der Waals surface area contributed by atoms with E-state index in [0.717, 1.165) is 5.75 Å². The van der Waals surface area contributed by atoms with E-state index in [1.807, 2.05) is 6.92 Å². The molecule has 0 saturated heterocycles.